The van der Waals surface area contributed by atoms with Gasteiger partial charge in [0.1, 0.15) is 23.8 Å². The molecule has 0 radical (unpaired) electrons. The molecule has 3 heterocycles. The van der Waals surface area contributed by atoms with Crippen LogP contribution in [0.25, 0.3) is 22.3 Å². The van der Waals surface area contributed by atoms with E-state index in [-0.39, 0.29) is 19.0 Å². The number of imidazole rings is 1. The summed E-state index contributed by atoms with van der Waals surface area (Å²) in [5.41, 5.74) is 3.66. The van der Waals surface area contributed by atoms with Gasteiger partial charge in [0, 0.05) is 12.5 Å². The van der Waals surface area contributed by atoms with Crippen LogP contribution in [0.15, 0.2) is 55.1 Å². The lowest BCUT2D eigenvalue weighted by Gasteiger charge is -2.15. The van der Waals surface area contributed by atoms with Crippen molar-refractivity contribution in [2.75, 3.05) is 18.0 Å². The Hall–Kier alpha value is -4.05. The number of ether oxygens (including phenoxy) is 1. The van der Waals surface area contributed by atoms with Crippen molar-refractivity contribution in [1.82, 2.24) is 24.8 Å². The highest BCUT2D eigenvalue weighted by atomic mass is 35.5. The summed E-state index contributed by atoms with van der Waals surface area (Å²) in [5.74, 6) is -0.669. The summed E-state index contributed by atoms with van der Waals surface area (Å²) in [6, 6.07) is 12.1. The molecule has 1 fully saturated rings. The summed E-state index contributed by atoms with van der Waals surface area (Å²) in [7, 11) is 0. The topological polar surface area (TPSA) is 102 Å². The van der Waals surface area contributed by atoms with Crippen molar-refractivity contribution in [3.8, 4) is 11.1 Å². The van der Waals surface area contributed by atoms with Crippen LogP contribution in [0.5, 0.6) is 0 Å². The predicted molar refractivity (Wildman–Crippen MR) is 128 cm³/mol. The highest BCUT2D eigenvalue weighted by Crippen LogP contribution is 2.29. The maximum absolute atomic E-state index is 15.0. The first-order chi connectivity index (χ1) is 16.9. The van der Waals surface area contributed by atoms with E-state index < -0.39 is 18.0 Å². The number of fused-ring (bicyclic) bond motifs is 1. The van der Waals surface area contributed by atoms with Gasteiger partial charge in [-0.3, -0.25) is 9.69 Å². The maximum Gasteiger partial charge on any atom is 0.414 e. The third-order valence-electron chi connectivity index (χ3n) is 5.69. The minimum absolute atomic E-state index is 0.208. The molecule has 1 saturated heterocycles. The zero-order valence-electron chi connectivity index (χ0n) is 18.6. The highest BCUT2D eigenvalue weighted by Gasteiger charge is 2.32. The molecule has 35 heavy (non-hydrogen) atoms. The summed E-state index contributed by atoms with van der Waals surface area (Å²) in [5, 5.41) is 2.92. The Morgan fingerprint density at radius 2 is 2.00 bits per heavy atom. The first kappa shape index (κ1) is 22.7. The van der Waals surface area contributed by atoms with Gasteiger partial charge in [-0.25, -0.2) is 24.1 Å². The summed E-state index contributed by atoms with van der Waals surface area (Å²) < 4.78 is 22.1. The van der Waals surface area contributed by atoms with E-state index in [1.54, 1.807) is 18.5 Å². The molecule has 11 heteroatoms. The number of nitrogens with one attached hydrogen (secondary N) is 1. The molecule has 1 N–H and O–H groups in total. The van der Waals surface area contributed by atoms with E-state index in [1.807, 2.05) is 28.8 Å². The van der Waals surface area contributed by atoms with Gasteiger partial charge in [0.2, 0.25) is 5.91 Å². The molecule has 4 aromatic rings. The lowest BCUT2D eigenvalue weighted by molar-refractivity contribution is -0.119. The van der Waals surface area contributed by atoms with Gasteiger partial charge in [-0.15, -0.1) is 0 Å². The van der Waals surface area contributed by atoms with E-state index in [9.17, 15) is 9.59 Å². The number of benzene rings is 2. The van der Waals surface area contributed by atoms with Crippen LogP contribution in [0.4, 0.5) is 14.9 Å². The van der Waals surface area contributed by atoms with Crippen molar-refractivity contribution in [3.05, 3.63) is 71.7 Å². The van der Waals surface area contributed by atoms with E-state index in [2.05, 4.69) is 20.3 Å². The minimum Gasteiger partial charge on any atom is -0.442 e. The van der Waals surface area contributed by atoms with E-state index in [0.29, 0.717) is 39.7 Å². The number of halogens is 2. The van der Waals surface area contributed by atoms with Gasteiger partial charge in [0.25, 0.3) is 0 Å². The number of cyclic esters (lactones) is 1. The molecule has 1 atom stereocenters. The number of carbonyl (C=O) groups excluding carboxylic acids is 2. The van der Waals surface area contributed by atoms with Gasteiger partial charge in [-0.1, -0.05) is 35.9 Å². The Morgan fingerprint density at radius 3 is 2.74 bits per heavy atom. The minimum atomic E-state index is -0.574. The van der Waals surface area contributed by atoms with Crippen molar-refractivity contribution >= 4 is 40.5 Å². The molecular weight excluding hydrogens is 475 g/mol. The fourth-order valence-corrected chi connectivity index (χ4v) is 4.13. The molecule has 0 spiro atoms. The number of hydrogen-bond donors (Lipinski definition) is 1. The van der Waals surface area contributed by atoms with Gasteiger partial charge in [0.05, 0.1) is 31.6 Å². The first-order valence-corrected chi connectivity index (χ1v) is 11.2. The van der Waals surface area contributed by atoms with Gasteiger partial charge < -0.3 is 14.6 Å². The van der Waals surface area contributed by atoms with Crippen LogP contribution in [-0.2, 0) is 16.1 Å². The van der Waals surface area contributed by atoms with Gasteiger partial charge in [-0.05, 0) is 29.3 Å². The number of hydrogen-bond acceptors (Lipinski definition) is 6. The van der Waals surface area contributed by atoms with Crippen LogP contribution in [-0.4, -0.2) is 50.7 Å². The average molecular weight is 495 g/mol. The second-order valence-electron chi connectivity index (χ2n) is 8.12. The molecule has 5 rings (SSSR count). The molecule has 2 aromatic heterocycles. The molecule has 1 aliphatic heterocycles. The number of anilines is 1. The molecule has 2 aromatic carbocycles. The molecule has 1 aliphatic rings. The van der Waals surface area contributed by atoms with Crippen molar-refractivity contribution < 1.29 is 18.7 Å². The lowest BCUT2D eigenvalue weighted by Crippen LogP contribution is -2.33. The van der Waals surface area contributed by atoms with Crippen LogP contribution in [0.3, 0.4) is 0 Å². The standard InChI is InChI=1S/C24H20ClFN6O3/c1-14(33)27-9-18-11-32(24(34)35-18)17-6-7-19(20(26)8-17)16-4-2-15(3-5-16)10-31-13-30-21-22(25)28-12-29-23(21)31/h2-8,12-13,18H,9-11H2,1H3,(H,27,33). The smallest absolute Gasteiger partial charge is 0.414 e. The van der Waals surface area contributed by atoms with Crippen LogP contribution >= 0.6 is 11.6 Å². The van der Waals surface area contributed by atoms with Gasteiger partial charge in [0.15, 0.2) is 10.8 Å². The third-order valence-corrected chi connectivity index (χ3v) is 5.97. The number of aromatic nitrogens is 4. The van der Waals surface area contributed by atoms with E-state index >= 15 is 4.39 Å². The third kappa shape index (κ3) is 4.65. The SMILES string of the molecule is CC(=O)NCC1CN(c2ccc(-c3ccc(Cn4cnc5c(Cl)ncnc54)cc3)c(F)c2)C(=O)O1. The Morgan fingerprint density at radius 1 is 1.20 bits per heavy atom. The van der Waals surface area contributed by atoms with E-state index in [1.165, 1.54) is 24.2 Å². The molecular formula is C24H20ClFN6O3. The Labute approximate surface area is 204 Å². The summed E-state index contributed by atoms with van der Waals surface area (Å²) in [6.07, 6.45) is 1.98. The van der Waals surface area contributed by atoms with E-state index in [0.717, 1.165) is 5.56 Å². The molecule has 9 nitrogen and oxygen atoms in total. The zero-order valence-corrected chi connectivity index (χ0v) is 19.4. The number of nitrogens with zero attached hydrogens (tertiary/aromatic N) is 5. The zero-order chi connectivity index (χ0) is 24.5. The normalized spacial score (nSPS) is 15.5. The first-order valence-electron chi connectivity index (χ1n) is 10.8. The molecule has 0 aliphatic carbocycles. The maximum atomic E-state index is 15.0. The summed E-state index contributed by atoms with van der Waals surface area (Å²) >= 11 is 6.06. The van der Waals surface area contributed by atoms with Crippen molar-refractivity contribution in [2.24, 2.45) is 0 Å². The van der Waals surface area contributed by atoms with Crippen LogP contribution in [0.2, 0.25) is 5.15 Å². The average Bonchev–Trinajstić information content (AvgIpc) is 3.42. The van der Waals surface area contributed by atoms with Crippen LogP contribution < -0.4 is 10.2 Å². The van der Waals surface area contributed by atoms with Crippen LogP contribution in [0, 0.1) is 5.82 Å². The molecule has 0 saturated carbocycles. The monoisotopic (exact) mass is 494 g/mol. The van der Waals surface area contributed by atoms with Crippen LogP contribution in [0.1, 0.15) is 12.5 Å². The number of amides is 2. The second-order valence-corrected chi connectivity index (χ2v) is 8.48. The summed E-state index contributed by atoms with van der Waals surface area (Å²) in [6.45, 7) is 2.34. The Balaban J connectivity index is 1.30. The molecule has 178 valence electrons. The molecule has 1 unspecified atom stereocenters. The van der Waals surface area contributed by atoms with Crippen molar-refractivity contribution in [2.45, 2.75) is 19.6 Å². The molecule has 2 amide bonds. The lowest BCUT2D eigenvalue weighted by atomic mass is 10.0. The number of carbonyl (C=O) groups is 2. The largest absolute Gasteiger partial charge is 0.442 e. The fraction of sp³-hybridized carbons (Fsp3) is 0.208. The second kappa shape index (κ2) is 9.30. The quantitative estimate of drug-likeness (QED) is 0.409. The van der Waals surface area contributed by atoms with Crippen molar-refractivity contribution in [3.63, 3.8) is 0 Å². The van der Waals surface area contributed by atoms with E-state index in [4.69, 9.17) is 16.3 Å². The summed E-state index contributed by atoms with van der Waals surface area (Å²) in [4.78, 5) is 37.1. The Kier molecular flexibility index (Phi) is 6.04. The van der Waals surface area contributed by atoms with Crippen molar-refractivity contribution in [1.29, 1.82) is 0 Å². The fourth-order valence-electron chi connectivity index (χ4n) is 3.96. The highest BCUT2D eigenvalue weighted by molar-refractivity contribution is 6.33. The predicted octanol–water partition coefficient (Wildman–Crippen LogP) is 3.80. The number of rotatable bonds is 6. The van der Waals surface area contributed by atoms with Gasteiger partial charge >= 0.3 is 6.09 Å². The Bertz CT molecular complexity index is 1420. The molecule has 0 bridgehead atoms. The van der Waals surface area contributed by atoms with Gasteiger partial charge in [-0.2, -0.15) is 0 Å².